The summed E-state index contributed by atoms with van der Waals surface area (Å²) >= 11 is 0. The second-order valence-electron chi connectivity index (χ2n) is 6.68. The number of halogens is 1. The van der Waals surface area contributed by atoms with Gasteiger partial charge in [-0.15, -0.1) is 5.10 Å². The molecule has 0 bridgehead atoms. The fraction of sp³-hybridized carbons (Fsp3) is 0.0909. The molecule has 0 fully saturated rings. The Morgan fingerprint density at radius 1 is 0.938 bits per heavy atom. The highest BCUT2D eigenvalue weighted by Gasteiger charge is 2.17. The Morgan fingerprint density at radius 2 is 1.69 bits per heavy atom. The molecule has 0 saturated heterocycles. The Hall–Kier alpha value is -3.92. The first-order valence-corrected chi connectivity index (χ1v) is 10.9. The van der Waals surface area contributed by atoms with Crippen molar-refractivity contribution in [2.24, 2.45) is 0 Å². The Balaban J connectivity index is 1.72. The molecule has 0 saturated carbocycles. The summed E-state index contributed by atoms with van der Waals surface area (Å²) in [4.78, 5) is 4.36. The SMILES string of the molecule is COc1cccc(-c2nc(OC)nn2-c2cccc(NS(=O)(=O)c3ccc(F)cc3)c2)c1. The van der Waals surface area contributed by atoms with Gasteiger partial charge in [0.25, 0.3) is 10.0 Å². The van der Waals surface area contributed by atoms with Crippen LogP contribution in [0.15, 0.2) is 77.7 Å². The molecule has 0 aliphatic rings. The summed E-state index contributed by atoms with van der Waals surface area (Å²) in [5.74, 6) is 0.618. The minimum atomic E-state index is -3.90. The minimum Gasteiger partial charge on any atom is -0.497 e. The molecule has 0 aliphatic carbocycles. The van der Waals surface area contributed by atoms with Crippen LogP contribution in [0.2, 0.25) is 0 Å². The first-order valence-electron chi connectivity index (χ1n) is 9.44. The Morgan fingerprint density at radius 3 is 2.41 bits per heavy atom. The van der Waals surface area contributed by atoms with Gasteiger partial charge in [-0.25, -0.2) is 17.5 Å². The second-order valence-corrected chi connectivity index (χ2v) is 8.36. The summed E-state index contributed by atoms with van der Waals surface area (Å²) in [7, 11) is -0.872. The lowest BCUT2D eigenvalue weighted by atomic mass is 10.2. The third kappa shape index (κ3) is 4.40. The zero-order valence-corrected chi connectivity index (χ0v) is 18.0. The van der Waals surface area contributed by atoms with Crippen LogP contribution in [0, 0.1) is 5.82 Å². The fourth-order valence-corrected chi connectivity index (χ4v) is 4.09. The van der Waals surface area contributed by atoms with E-state index in [0.717, 1.165) is 17.7 Å². The molecule has 0 unspecified atom stereocenters. The minimum absolute atomic E-state index is 0.0520. The molecule has 164 valence electrons. The molecule has 1 aromatic heterocycles. The number of sulfonamides is 1. The number of methoxy groups -OCH3 is 2. The molecule has 1 heterocycles. The van der Waals surface area contributed by atoms with Gasteiger partial charge in [-0.3, -0.25) is 4.72 Å². The van der Waals surface area contributed by atoms with Gasteiger partial charge in [0.2, 0.25) is 0 Å². The van der Waals surface area contributed by atoms with Gasteiger partial charge in [0, 0.05) is 5.56 Å². The van der Waals surface area contributed by atoms with Crippen LogP contribution in [0.5, 0.6) is 11.8 Å². The van der Waals surface area contributed by atoms with Crippen molar-refractivity contribution in [3.8, 4) is 28.8 Å². The number of aromatic nitrogens is 3. The largest absolute Gasteiger partial charge is 0.497 e. The molecule has 10 heteroatoms. The van der Waals surface area contributed by atoms with Crippen molar-refractivity contribution >= 4 is 15.7 Å². The van der Waals surface area contributed by atoms with Crippen molar-refractivity contribution < 1.29 is 22.3 Å². The summed E-state index contributed by atoms with van der Waals surface area (Å²) < 4.78 is 53.0. The van der Waals surface area contributed by atoms with E-state index in [4.69, 9.17) is 9.47 Å². The monoisotopic (exact) mass is 454 g/mol. The maximum absolute atomic E-state index is 13.2. The molecule has 1 N–H and O–H groups in total. The van der Waals surface area contributed by atoms with Gasteiger partial charge < -0.3 is 9.47 Å². The lowest BCUT2D eigenvalue weighted by Crippen LogP contribution is -2.13. The Labute approximate surface area is 184 Å². The van der Waals surface area contributed by atoms with Crippen molar-refractivity contribution in [2.45, 2.75) is 4.90 Å². The zero-order chi connectivity index (χ0) is 22.7. The molecule has 4 aromatic rings. The molecular formula is C22H19FN4O4S. The molecule has 0 radical (unpaired) electrons. The first-order chi connectivity index (χ1) is 15.4. The average Bonchev–Trinajstić information content (AvgIpc) is 3.24. The van der Waals surface area contributed by atoms with Crippen LogP contribution in [-0.4, -0.2) is 37.4 Å². The standard InChI is InChI=1S/C22H19FN4O4S/c1-30-19-8-3-5-15(13-19)21-24-22(31-2)25-27(21)18-7-4-6-17(14-18)26-32(28,29)20-11-9-16(23)10-12-20/h3-14,26H,1-2H3. The average molecular weight is 454 g/mol. The molecule has 4 rings (SSSR count). The number of hydrogen-bond acceptors (Lipinski definition) is 6. The van der Waals surface area contributed by atoms with Crippen LogP contribution in [0.25, 0.3) is 17.1 Å². The smallest absolute Gasteiger partial charge is 0.336 e. The van der Waals surface area contributed by atoms with Gasteiger partial charge in [-0.2, -0.15) is 4.98 Å². The lowest BCUT2D eigenvalue weighted by Gasteiger charge is -2.11. The van der Waals surface area contributed by atoms with E-state index in [0.29, 0.717) is 22.9 Å². The van der Waals surface area contributed by atoms with Crippen LogP contribution in [0.4, 0.5) is 10.1 Å². The van der Waals surface area contributed by atoms with Crippen molar-refractivity contribution in [3.05, 3.63) is 78.6 Å². The van der Waals surface area contributed by atoms with Crippen LogP contribution in [0.1, 0.15) is 0 Å². The van der Waals surface area contributed by atoms with Crippen molar-refractivity contribution in [1.82, 2.24) is 14.8 Å². The van der Waals surface area contributed by atoms with Crippen LogP contribution < -0.4 is 14.2 Å². The summed E-state index contributed by atoms with van der Waals surface area (Å²) in [5.41, 5.74) is 1.59. The van der Waals surface area contributed by atoms with Gasteiger partial charge in [-0.1, -0.05) is 18.2 Å². The highest BCUT2D eigenvalue weighted by molar-refractivity contribution is 7.92. The predicted molar refractivity (Wildman–Crippen MR) is 117 cm³/mol. The maximum atomic E-state index is 13.2. The molecule has 3 aromatic carbocycles. The number of ether oxygens (including phenoxy) is 2. The highest BCUT2D eigenvalue weighted by Crippen LogP contribution is 2.28. The van der Waals surface area contributed by atoms with Crippen molar-refractivity contribution in [3.63, 3.8) is 0 Å². The number of rotatable bonds is 7. The van der Waals surface area contributed by atoms with E-state index in [1.165, 1.54) is 19.2 Å². The normalized spacial score (nSPS) is 11.2. The molecule has 8 nitrogen and oxygen atoms in total. The van der Waals surface area contributed by atoms with Crippen molar-refractivity contribution in [1.29, 1.82) is 0 Å². The molecular weight excluding hydrogens is 435 g/mol. The van der Waals surface area contributed by atoms with E-state index in [1.807, 2.05) is 18.2 Å². The van der Waals surface area contributed by atoms with E-state index >= 15 is 0 Å². The van der Waals surface area contributed by atoms with E-state index in [1.54, 1.807) is 42.1 Å². The van der Waals surface area contributed by atoms with Crippen LogP contribution in [-0.2, 0) is 10.0 Å². The Bertz CT molecular complexity index is 1350. The topological polar surface area (TPSA) is 95.3 Å². The number of anilines is 1. The van der Waals surface area contributed by atoms with E-state index < -0.39 is 15.8 Å². The first kappa shape index (κ1) is 21.3. The van der Waals surface area contributed by atoms with Gasteiger partial charge in [0.05, 0.1) is 30.5 Å². The van der Waals surface area contributed by atoms with E-state index in [9.17, 15) is 12.8 Å². The van der Waals surface area contributed by atoms with Gasteiger partial charge in [-0.05, 0) is 54.6 Å². The summed E-state index contributed by atoms with van der Waals surface area (Å²) in [6, 6.07) is 18.7. The molecule has 0 aliphatic heterocycles. The van der Waals surface area contributed by atoms with Gasteiger partial charge in [0.1, 0.15) is 11.6 Å². The maximum Gasteiger partial charge on any atom is 0.336 e. The quantitative estimate of drug-likeness (QED) is 0.455. The van der Waals surface area contributed by atoms with Gasteiger partial charge >= 0.3 is 6.01 Å². The molecule has 0 amide bonds. The second kappa shape index (κ2) is 8.67. The van der Waals surface area contributed by atoms with Crippen molar-refractivity contribution in [2.75, 3.05) is 18.9 Å². The number of hydrogen-bond donors (Lipinski definition) is 1. The number of nitrogens with zero attached hydrogens (tertiary/aromatic N) is 3. The predicted octanol–water partition coefficient (Wildman–Crippen LogP) is 3.89. The lowest BCUT2D eigenvalue weighted by molar-refractivity contribution is 0.380. The molecule has 0 atom stereocenters. The summed E-state index contributed by atoms with van der Waals surface area (Å²) in [5, 5.41) is 4.36. The fourth-order valence-electron chi connectivity index (χ4n) is 3.04. The number of benzene rings is 3. The zero-order valence-electron chi connectivity index (χ0n) is 17.2. The Kier molecular flexibility index (Phi) is 5.78. The van der Waals surface area contributed by atoms with E-state index in [-0.39, 0.29) is 10.9 Å². The van der Waals surface area contributed by atoms with Gasteiger partial charge in [0.15, 0.2) is 5.82 Å². The molecule has 0 spiro atoms. The van der Waals surface area contributed by atoms with E-state index in [2.05, 4.69) is 14.8 Å². The summed E-state index contributed by atoms with van der Waals surface area (Å²) in [6.07, 6.45) is 0. The summed E-state index contributed by atoms with van der Waals surface area (Å²) in [6.45, 7) is 0. The third-order valence-corrected chi connectivity index (χ3v) is 5.96. The number of nitrogens with one attached hydrogen (secondary N) is 1. The highest BCUT2D eigenvalue weighted by atomic mass is 32.2. The van der Waals surface area contributed by atoms with Crippen LogP contribution >= 0.6 is 0 Å². The molecule has 32 heavy (non-hydrogen) atoms. The van der Waals surface area contributed by atoms with Crippen LogP contribution in [0.3, 0.4) is 0 Å². The third-order valence-electron chi connectivity index (χ3n) is 4.57.